The lowest BCUT2D eigenvalue weighted by atomic mass is 10.1. The number of nitrogens with one attached hydrogen (secondary N) is 1. The first kappa shape index (κ1) is 15.9. The third kappa shape index (κ3) is 3.17. The molecule has 4 heteroatoms. The molecule has 0 saturated heterocycles. The van der Waals surface area contributed by atoms with E-state index < -0.39 is 5.97 Å². The van der Waals surface area contributed by atoms with E-state index in [1.54, 1.807) is 0 Å². The molecule has 128 valence electrons. The van der Waals surface area contributed by atoms with Crippen LogP contribution in [-0.4, -0.2) is 21.7 Å². The maximum absolute atomic E-state index is 12.1. The molecule has 0 unspecified atom stereocenters. The van der Waals surface area contributed by atoms with Crippen molar-refractivity contribution in [2.75, 3.05) is 0 Å². The number of nitrogens with zero attached hydrogens (tertiary/aromatic N) is 1. The highest BCUT2D eigenvalue weighted by molar-refractivity contribution is 5.98. The number of rotatable bonds is 6. The molecule has 1 aromatic heterocycles. The third-order valence-corrected chi connectivity index (χ3v) is 4.88. The van der Waals surface area contributed by atoms with Gasteiger partial charge < -0.3 is 15.0 Å². The molecule has 1 aliphatic carbocycles. The minimum absolute atomic E-state index is 0.398. The van der Waals surface area contributed by atoms with Crippen molar-refractivity contribution in [3.05, 3.63) is 70.9 Å². The Morgan fingerprint density at radius 1 is 1.16 bits per heavy atom. The van der Waals surface area contributed by atoms with Gasteiger partial charge in [-0.3, -0.25) is 0 Å². The molecule has 1 heterocycles. The van der Waals surface area contributed by atoms with Crippen molar-refractivity contribution in [1.82, 2.24) is 9.88 Å². The first-order valence-electron chi connectivity index (χ1n) is 8.76. The highest BCUT2D eigenvalue weighted by Gasteiger charge is 2.25. The standard InChI is InChI=1S/C21H22N2O2/c1-14-6-8-15(9-7-14)13-23-19-5-3-2-4-17(19)18(20(23)21(24)25)12-22-16-10-11-16/h2-9,16,22H,10-13H2,1H3,(H,24,25). The molecule has 0 bridgehead atoms. The molecular formula is C21H22N2O2. The minimum atomic E-state index is -0.865. The van der Waals surface area contributed by atoms with Crippen LogP contribution in [-0.2, 0) is 13.1 Å². The maximum Gasteiger partial charge on any atom is 0.352 e. The number of carbonyl (C=O) groups is 1. The van der Waals surface area contributed by atoms with Gasteiger partial charge in [-0.1, -0.05) is 48.0 Å². The molecule has 0 amide bonds. The van der Waals surface area contributed by atoms with Crippen molar-refractivity contribution in [3.8, 4) is 0 Å². The summed E-state index contributed by atoms with van der Waals surface area (Å²) in [6.07, 6.45) is 2.37. The van der Waals surface area contributed by atoms with Crippen LogP contribution in [0.4, 0.5) is 0 Å². The van der Waals surface area contributed by atoms with Gasteiger partial charge >= 0.3 is 5.97 Å². The number of para-hydroxylation sites is 1. The summed E-state index contributed by atoms with van der Waals surface area (Å²) in [6.45, 7) is 3.22. The Balaban J connectivity index is 1.81. The summed E-state index contributed by atoms with van der Waals surface area (Å²) in [6, 6.07) is 16.8. The zero-order valence-electron chi connectivity index (χ0n) is 14.3. The Morgan fingerprint density at radius 2 is 1.88 bits per heavy atom. The summed E-state index contributed by atoms with van der Waals surface area (Å²) >= 11 is 0. The second-order valence-electron chi connectivity index (χ2n) is 6.88. The van der Waals surface area contributed by atoms with E-state index in [9.17, 15) is 9.90 Å². The summed E-state index contributed by atoms with van der Waals surface area (Å²) in [4.78, 5) is 12.1. The lowest BCUT2D eigenvalue weighted by molar-refractivity contribution is 0.0684. The van der Waals surface area contributed by atoms with Gasteiger partial charge in [-0.25, -0.2) is 4.79 Å². The van der Waals surface area contributed by atoms with Crippen molar-refractivity contribution >= 4 is 16.9 Å². The number of benzene rings is 2. The minimum Gasteiger partial charge on any atom is -0.477 e. The number of aryl methyl sites for hydroxylation is 1. The third-order valence-electron chi connectivity index (χ3n) is 4.88. The van der Waals surface area contributed by atoms with E-state index in [1.165, 1.54) is 18.4 Å². The lowest BCUT2D eigenvalue weighted by Gasteiger charge is -2.10. The second-order valence-corrected chi connectivity index (χ2v) is 6.88. The van der Waals surface area contributed by atoms with Crippen molar-refractivity contribution in [2.45, 2.75) is 38.9 Å². The van der Waals surface area contributed by atoms with E-state index in [0.717, 1.165) is 22.0 Å². The molecule has 4 rings (SSSR count). The summed E-state index contributed by atoms with van der Waals surface area (Å²) in [5, 5.41) is 14.4. The highest BCUT2D eigenvalue weighted by Crippen LogP contribution is 2.29. The van der Waals surface area contributed by atoms with Crippen molar-refractivity contribution in [1.29, 1.82) is 0 Å². The van der Waals surface area contributed by atoms with Gasteiger partial charge in [0.05, 0.1) is 0 Å². The normalized spacial score (nSPS) is 14.1. The van der Waals surface area contributed by atoms with Crippen LogP contribution in [0.25, 0.3) is 10.9 Å². The van der Waals surface area contributed by atoms with Crippen molar-refractivity contribution < 1.29 is 9.90 Å². The summed E-state index contributed by atoms with van der Waals surface area (Å²) in [5.41, 5.74) is 4.58. The molecule has 2 N–H and O–H groups in total. The Bertz CT molecular complexity index is 921. The molecular weight excluding hydrogens is 312 g/mol. The summed E-state index contributed by atoms with van der Waals surface area (Å²) in [7, 11) is 0. The fraction of sp³-hybridized carbons (Fsp3) is 0.286. The summed E-state index contributed by atoms with van der Waals surface area (Å²) in [5.74, 6) is -0.865. The van der Waals surface area contributed by atoms with E-state index in [2.05, 4.69) is 36.5 Å². The van der Waals surface area contributed by atoms with Gasteiger partial charge in [-0.05, 0) is 31.4 Å². The number of hydrogen-bond donors (Lipinski definition) is 2. The van der Waals surface area contributed by atoms with Crippen molar-refractivity contribution in [3.63, 3.8) is 0 Å². The zero-order chi connectivity index (χ0) is 17.4. The number of aromatic carboxylic acids is 1. The van der Waals surface area contributed by atoms with E-state index in [0.29, 0.717) is 24.8 Å². The van der Waals surface area contributed by atoms with Gasteiger partial charge in [0.15, 0.2) is 0 Å². The highest BCUT2D eigenvalue weighted by atomic mass is 16.4. The first-order valence-corrected chi connectivity index (χ1v) is 8.76. The van der Waals surface area contributed by atoms with Gasteiger partial charge in [0, 0.05) is 35.6 Å². The van der Waals surface area contributed by atoms with Crippen LogP contribution in [0.1, 0.15) is 40.0 Å². The Kier molecular flexibility index (Phi) is 4.06. The SMILES string of the molecule is Cc1ccc(Cn2c(C(=O)O)c(CNC3CC3)c3ccccc32)cc1. The van der Waals surface area contributed by atoms with Crippen LogP contribution >= 0.6 is 0 Å². The maximum atomic E-state index is 12.1. The van der Waals surface area contributed by atoms with Crippen LogP contribution in [0, 0.1) is 6.92 Å². The quantitative estimate of drug-likeness (QED) is 0.718. The largest absolute Gasteiger partial charge is 0.477 e. The van der Waals surface area contributed by atoms with Crippen molar-refractivity contribution in [2.24, 2.45) is 0 Å². The predicted octanol–water partition coefficient (Wildman–Crippen LogP) is 3.95. The predicted molar refractivity (Wildman–Crippen MR) is 99.0 cm³/mol. The van der Waals surface area contributed by atoms with E-state index in [-0.39, 0.29) is 0 Å². The Morgan fingerprint density at radius 3 is 2.56 bits per heavy atom. The fourth-order valence-corrected chi connectivity index (χ4v) is 3.37. The molecule has 0 radical (unpaired) electrons. The number of carboxylic acid groups (broad SMARTS) is 1. The molecule has 1 aliphatic rings. The molecule has 3 aromatic rings. The Labute approximate surface area is 147 Å². The number of aromatic nitrogens is 1. The van der Waals surface area contributed by atoms with E-state index in [4.69, 9.17) is 0 Å². The molecule has 4 nitrogen and oxygen atoms in total. The lowest BCUT2D eigenvalue weighted by Crippen LogP contribution is -2.18. The van der Waals surface area contributed by atoms with Crippen LogP contribution in [0.3, 0.4) is 0 Å². The topological polar surface area (TPSA) is 54.3 Å². The molecule has 0 spiro atoms. The molecule has 0 atom stereocenters. The Hall–Kier alpha value is -2.59. The van der Waals surface area contributed by atoms with Crippen LogP contribution in [0.15, 0.2) is 48.5 Å². The molecule has 0 aliphatic heterocycles. The fourth-order valence-electron chi connectivity index (χ4n) is 3.37. The number of fused-ring (bicyclic) bond motifs is 1. The van der Waals surface area contributed by atoms with Gasteiger partial charge in [0.1, 0.15) is 5.69 Å². The van der Waals surface area contributed by atoms with Crippen LogP contribution < -0.4 is 5.32 Å². The summed E-state index contributed by atoms with van der Waals surface area (Å²) < 4.78 is 1.94. The average Bonchev–Trinajstić information content (AvgIpc) is 3.38. The van der Waals surface area contributed by atoms with Gasteiger partial charge in [-0.2, -0.15) is 0 Å². The number of carboxylic acids is 1. The van der Waals surface area contributed by atoms with Gasteiger partial charge in [0.2, 0.25) is 0 Å². The van der Waals surface area contributed by atoms with Gasteiger partial charge in [-0.15, -0.1) is 0 Å². The average molecular weight is 334 g/mol. The van der Waals surface area contributed by atoms with E-state index >= 15 is 0 Å². The molecule has 1 saturated carbocycles. The van der Waals surface area contributed by atoms with Crippen LogP contribution in [0.5, 0.6) is 0 Å². The first-order chi connectivity index (χ1) is 12.1. The van der Waals surface area contributed by atoms with Crippen LogP contribution in [0.2, 0.25) is 0 Å². The molecule has 2 aromatic carbocycles. The second kappa shape index (κ2) is 6.37. The molecule has 25 heavy (non-hydrogen) atoms. The smallest absolute Gasteiger partial charge is 0.352 e. The van der Waals surface area contributed by atoms with E-state index in [1.807, 2.05) is 28.8 Å². The zero-order valence-corrected chi connectivity index (χ0v) is 14.3. The van der Waals surface area contributed by atoms with Gasteiger partial charge in [0.25, 0.3) is 0 Å². The monoisotopic (exact) mass is 334 g/mol. The number of hydrogen-bond acceptors (Lipinski definition) is 2. The molecule has 1 fully saturated rings.